The molecule has 0 atom stereocenters. The maximum atomic E-state index is 11.6. The number of carbonyl (C=O) groups is 1. The Labute approximate surface area is 249 Å². The summed E-state index contributed by atoms with van der Waals surface area (Å²) in [6, 6.07) is 16.3. The Hall–Kier alpha value is -3.48. The highest BCUT2D eigenvalue weighted by molar-refractivity contribution is 7.09. The second-order valence-electron chi connectivity index (χ2n) is 11.9. The Kier molecular flexibility index (Phi) is 11.7. The van der Waals surface area contributed by atoms with Gasteiger partial charge in [0, 0.05) is 17.5 Å². The van der Waals surface area contributed by atoms with Gasteiger partial charge in [-0.1, -0.05) is 101 Å². The van der Waals surface area contributed by atoms with Gasteiger partial charge >= 0.3 is 5.97 Å². The van der Waals surface area contributed by atoms with Crippen molar-refractivity contribution in [2.75, 3.05) is 13.2 Å². The Bertz CT molecular complexity index is 1360. The molecule has 0 fully saturated rings. The van der Waals surface area contributed by atoms with Crippen LogP contribution in [0.3, 0.4) is 0 Å². The fourth-order valence-electron chi connectivity index (χ4n) is 4.43. The first-order valence-corrected chi connectivity index (χ1v) is 15.0. The van der Waals surface area contributed by atoms with Gasteiger partial charge in [0.1, 0.15) is 17.4 Å². The SMILES string of the molecule is C=C(/C=C\C(=C/C)COc1ccc(C(C)(C)C)cc1-c1csc(CN(CC(=O)O)Cc2ccccc2)n1)CC(C)C. The highest BCUT2D eigenvalue weighted by atomic mass is 32.1. The monoisotopic (exact) mass is 572 g/mol. The molecule has 3 rings (SSSR count). The fourth-order valence-corrected chi connectivity index (χ4v) is 5.26. The van der Waals surface area contributed by atoms with E-state index in [1.807, 2.05) is 53.6 Å². The molecule has 1 aromatic heterocycles. The van der Waals surface area contributed by atoms with Crippen LogP contribution >= 0.6 is 11.3 Å². The van der Waals surface area contributed by atoms with Gasteiger partial charge in [-0.05, 0) is 53.5 Å². The number of hydrogen-bond donors (Lipinski definition) is 1. The lowest BCUT2D eigenvalue weighted by molar-refractivity contribution is -0.138. The van der Waals surface area contributed by atoms with E-state index < -0.39 is 5.97 Å². The Morgan fingerprint density at radius 3 is 2.49 bits per heavy atom. The summed E-state index contributed by atoms with van der Waals surface area (Å²) in [5.41, 5.74) is 6.19. The molecule has 2 aromatic carbocycles. The number of ether oxygens (including phenoxy) is 1. The number of benzene rings is 2. The van der Waals surface area contributed by atoms with Gasteiger partial charge in [-0.15, -0.1) is 11.3 Å². The molecule has 1 heterocycles. The minimum atomic E-state index is -0.854. The number of aromatic nitrogens is 1. The number of rotatable bonds is 14. The molecule has 0 radical (unpaired) electrons. The second-order valence-corrected chi connectivity index (χ2v) is 12.8. The van der Waals surface area contributed by atoms with E-state index in [-0.39, 0.29) is 12.0 Å². The van der Waals surface area contributed by atoms with Crippen molar-refractivity contribution in [1.29, 1.82) is 0 Å². The molecule has 5 nitrogen and oxygen atoms in total. The average Bonchev–Trinajstić information content (AvgIpc) is 3.36. The Morgan fingerprint density at radius 2 is 1.85 bits per heavy atom. The minimum absolute atomic E-state index is 0.0336. The van der Waals surface area contributed by atoms with Crippen molar-refractivity contribution in [3.63, 3.8) is 0 Å². The molecule has 41 heavy (non-hydrogen) atoms. The Balaban J connectivity index is 1.84. The molecule has 0 saturated carbocycles. The number of allylic oxidation sites excluding steroid dienone is 3. The van der Waals surface area contributed by atoms with E-state index >= 15 is 0 Å². The quantitative estimate of drug-likeness (QED) is 0.196. The standard InChI is InChI=1S/C35H44N2O3S/c1-8-27(15-14-26(4)18-25(2)3)23-40-32-17-16-29(35(5,6)7)19-30(32)31-24-41-33(36-31)21-37(22-34(38)39)20-28-12-10-9-11-13-28/h8-17,19,24-25H,4,18,20-23H2,1-3,5-7H3,(H,38,39)/b15-14-,27-8+. The third-order valence-electron chi connectivity index (χ3n) is 6.61. The van der Waals surface area contributed by atoms with Crippen LogP contribution in [-0.2, 0) is 23.3 Å². The number of carboxylic acid groups (broad SMARTS) is 1. The number of nitrogens with zero attached hydrogens (tertiary/aromatic N) is 2. The average molecular weight is 573 g/mol. The summed E-state index contributed by atoms with van der Waals surface area (Å²) in [5.74, 6) is 0.488. The molecule has 0 bridgehead atoms. The predicted octanol–water partition coefficient (Wildman–Crippen LogP) is 8.68. The van der Waals surface area contributed by atoms with E-state index in [9.17, 15) is 9.90 Å². The molecule has 0 aliphatic carbocycles. The maximum Gasteiger partial charge on any atom is 0.317 e. The van der Waals surface area contributed by atoms with Crippen LogP contribution in [0.2, 0.25) is 0 Å². The van der Waals surface area contributed by atoms with Crippen LogP contribution in [0, 0.1) is 5.92 Å². The van der Waals surface area contributed by atoms with Gasteiger partial charge in [-0.2, -0.15) is 0 Å². The molecule has 3 aromatic rings. The number of aliphatic carboxylic acids is 1. The largest absolute Gasteiger partial charge is 0.488 e. The van der Waals surface area contributed by atoms with E-state index in [1.54, 1.807) is 11.3 Å². The summed E-state index contributed by atoms with van der Waals surface area (Å²) < 4.78 is 6.37. The second kappa shape index (κ2) is 14.9. The normalized spacial score (nSPS) is 12.4. The highest BCUT2D eigenvalue weighted by Crippen LogP contribution is 2.36. The lowest BCUT2D eigenvalue weighted by atomic mass is 9.86. The van der Waals surface area contributed by atoms with Crippen LogP contribution in [0.5, 0.6) is 5.75 Å². The zero-order valence-electron chi connectivity index (χ0n) is 25.3. The summed E-state index contributed by atoms with van der Waals surface area (Å²) in [7, 11) is 0. The first-order chi connectivity index (χ1) is 19.4. The molecule has 218 valence electrons. The van der Waals surface area contributed by atoms with Gasteiger partial charge in [0.2, 0.25) is 0 Å². The zero-order chi connectivity index (χ0) is 30.0. The van der Waals surface area contributed by atoms with E-state index in [1.165, 1.54) is 5.56 Å². The molecule has 0 spiro atoms. The van der Waals surface area contributed by atoms with Gasteiger partial charge in [0.15, 0.2) is 0 Å². The molecular weight excluding hydrogens is 528 g/mol. The van der Waals surface area contributed by atoms with Gasteiger partial charge < -0.3 is 9.84 Å². The molecule has 0 saturated heterocycles. The van der Waals surface area contributed by atoms with E-state index in [0.29, 0.717) is 25.6 Å². The fraction of sp³-hybridized carbons (Fsp3) is 0.371. The van der Waals surface area contributed by atoms with Crippen molar-refractivity contribution < 1.29 is 14.6 Å². The molecule has 0 aliphatic rings. The van der Waals surface area contributed by atoms with Crippen molar-refractivity contribution >= 4 is 17.3 Å². The topological polar surface area (TPSA) is 62.7 Å². The highest BCUT2D eigenvalue weighted by Gasteiger charge is 2.20. The lowest BCUT2D eigenvalue weighted by Crippen LogP contribution is -2.28. The van der Waals surface area contributed by atoms with Crippen LogP contribution < -0.4 is 4.74 Å². The van der Waals surface area contributed by atoms with Crippen molar-refractivity contribution in [1.82, 2.24) is 9.88 Å². The van der Waals surface area contributed by atoms with Gasteiger partial charge in [-0.3, -0.25) is 9.69 Å². The lowest BCUT2D eigenvalue weighted by Gasteiger charge is -2.21. The van der Waals surface area contributed by atoms with Crippen LogP contribution in [-0.4, -0.2) is 34.1 Å². The summed E-state index contributed by atoms with van der Waals surface area (Å²) >= 11 is 1.54. The van der Waals surface area contributed by atoms with E-state index in [2.05, 4.69) is 71.6 Å². The van der Waals surface area contributed by atoms with Crippen molar-refractivity contribution in [2.45, 2.75) is 66.5 Å². The molecular formula is C35H44N2O3S. The summed E-state index contributed by atoms with van der Waals surface area (Å²) in [6.45, 7) is 18.5. The number of hydrogen-bond acceptors (Lipinski definition) is 5. The third kappa shape index (κ3) is 10.5. The molecule has 0 aliphatic heterocycles. The third-order valence-corrected chi connectivity index (χ3v) is 7.44. The molecule has 0 unspecified atom stereocenters. The van der Waals surface area contributed by atoms with Crippen LogP contribution in [0.4, 0.5) is 0 Å². The van der Waals surface area contributed by atoms with Gasteiger partial charge in [0.05, 0.1) is 18.8 Å². The molecule has 1 N–H and O–H groups in total. The van der Waals surface area contributed by atoms with E-state index in [0.717, 1.165) is 45.1 Å². The first kappa shape index (κ1) is 32.0. The smallest absolute Gasteiger partial charge is 0.317 e. The zero-order valence-corrected chi connectivity index (χ0v) is 26.1. The minimum Gasteiger partial charge on any atom is -0.488 e. The van der Waals surface area contributed by atoms with Crippen LogP contribution in [0.15, 0.2) is 89.9 Å². The van der Waals surface area contributed by atoms with Crippen LogP contribution in [0.1, 0.15) is 64.1 Å². The summed E-state index contributed by atoms with van der Waals surface area (Å²) in [6.07, 6.45) is 7.19. The number of carboxylic acids is 1. The Morgan fingerprint density at radius 1 is 1.12 bits per heavy atom. The van der Waals surface area contributed by atoms with Crippen molar-refractivity contribution in [3.8, 4) is 17.0 Å². The molecule has 0 amide bonds. The predicted molar refractivity (Wildman–Crippen MR) is 171 cm³/mol. The number of thiazole rings is 1. The van der Waals surface area contributed by atoms with E-state index in [4.69, 9.17) is 9.72 Å². The van der Waals surface area contributed by atoms with Crippen molar-refractivity contribution in [3.05, 3.63) is 106 Å². The summed E-state index contributed by atoms with van der Waals surface area (Å²) in [5, 5.41) is 12.4. The van der Waals surface area contributed by atoms with Gasteiger partial charge in [0.25, 0.3) is 0 Å². The maximum absolute atomic E-state index is 11.6. The van der Waals surface area contributed by atoms with Crippen molar-refractivity contribution in [2.24, 2.45) is 5.92 Å². The van der Waals surface area contributed by atoms with Gasteiger partial charge in [-0.25, -0.2) is 4.98 Å². The van der Waals surface area contributed by atoms with Crippen LogP contribution in [0.25, 0.3) is 11.3 Å². The summed E-state index contributed by atoms with van der Waals surface area (Å²) in [4.78, 5) is 18.4. The molecule has 6 heteroatoms. The first-order valence-electron chi connectivity index (χ1n) is 14.2.